The van der Waals surface area contributed by atoms with E-state index in [9.17, 15) is 4.79 Å². The summed E-state index contributed by atoms with van der Waals surface area (Å²) in [7, 11) is 0. The summed E-state index contributed by atoms with van der Waals surface area (Å²) in [6.45, 7) is -0.567. The number of rotatable bonds is 4. The predicted octanol–water partition coefficient (Wildman–Crippen LogP) is -0.893. The Balaban J connectivity index is 3.54. The largest absolute Gasteiger partial charge is 0.480 e. The minimum atomic E-state index is -1.22. The van der Waals surface area contributed by atoms with Crippen LogP contribution in [-0.4, -0.2) is 28.8 Å². The van der Waals surface area contributed by atoms with Crippen LogP contribution >= 0.6 is 11.9 Å². The van der Waals surface area contributed by atoms with Crippen molar-refractivity contribution in [1.82, 2.24) is 5.48 Å². The summed E-state index contributed by atoms with van der Waals surface area (Å²) < 4.78 is 3.74. The third-order valence-corrected chi connectivity index (χ3v) is 0.757. The molecule has 1 atom stereocenters. The molecule has 0 aliphatic carbocycles. The van der Waals surface area contributed by atoms with Gasteiger partial charge in [-0.1, -0.05) is 0 Å². The fraction of sp³-hybridized carbons (Fsp3) is 0.667. The lowest BCUT2D eigenvalue weighted by atomic mass is 10.3. The highest BCUT2D eigenvalue weighted by Gasteiger charge is 2.14. The zero-order valence-corrected chi connectivity index (χ0v) is 5.13. The number of hydrogen-bond acceptors (Lipinski definition) is 4. The van der Waals surface area contributed by atoms with E-state index >= 15 is 0 Å². The van der Waals surface area contributed by atoms with Crippen LogP contribution in [0.3, 0.4) is 0 Å². The third kappa shape index (κ3) is 3.26. The number of aliphatic carboxylic acids is 1. The lowest BCUT2D eigenvalue weighted by molar-refractivity contribution is -0.142. The maximum atomic E-state index is 9.96. The van der Waals surface area contributed by atoms with Gasteiger partial charge in [-0.3, -0.25) is 4.79 Å². The summed E-state index contributed by atoms with van der Waals surface area (Å²) >= 11 is 4.63. The van der Waals surface area contributed by atoms with Crippen LogP contribution in [0.5, 0.6) is 0 Å². The number of carboxylic acid groups (broad SMARTS) is 1. The van der Waals surface area contributed by atoms with Gasteiger partial charge in [0.25, 0.3) is 0 Å². The van der Waals surface area contributed by atoms with Gasteiger partial charge < -0.3 is 10.2 Å². The van der Waals surface area contributed by atoms with Crippen LogP contribution in [0.2, 0.25) is 0 Å². The molecule has 0 aromatic carbocycles. The first-order chi connectivity index (χ1) is 4.22. The van der Waals surface area contributed by atoms with Gasteiger partial charge >= 0.3 is 5.97 Å². The minimum Gasteiger partial charge on any atom is -0.480 e. The Labute approximate surface area is 56.3 Å². The Morgan fingerprint density at radius 1 is 1.89 bits per heavy atom. The van der Waals surface area contributed by atoms with Crippen molar-refractivity contribution in [2.24, 2.45) is 0 Å². The molecule has 0 amide bonds. The highest BCUT2D eigenvalue weighted by molar-refractivity contribution is 6.07. The van der Waals surface area contributed by atoms with E-state index in [0.29, 0.717) is 0 Å². The van der Waals surface area contributed by atoms with Crippen molar-refractivity contribution < 1.29 is 19.4 Å². The number of aliphatic hydroxyl groups excluding tert-OH is 1. The van der Waals surface area contributed by atoms with Gasteiger partial charge in [0.2, 0.25) is 0 Å². The Morgan fingerprint density at radius 2 is 2.44 bits per heavy atom. The summed E-state index contributed by atoms with van der Waals surface area (Å²) in [5, 5.41) is 16.4. The normalized spacial score (nSPS) is 13.1. The number of hydroxylamine groups is 1. The second kappa shape index (κ2) is 4.51. The van der Waals surface area contributed by atoms with Crippen LogP contribution < -0.4 is 5.48 Å². The Kier molecular flexibility index (Phi) is 4.33. The summed E-state index contributed by atoms with van der Waals surface area (Å²) in [4.78, 5) is 9.96. The lowest BCUT2D eigenvalue weighted by Gasteiger charge is -2.05. The number of aliphatic hydroxyl groups is 1. The molecule has 0 aromatic rings. The molecular weight excluding hydrogens is 149 g/mol. The third-order valence-electron chi connectivity index (χ3n) is 0.667. The van der Waals surface area contributed by atoms with Gasteiger partial charge in [0, 0.05) is 0 Å². The molecule has 0 aliphatic rings. The zero-order chi connectivity index (χ0) is 7.28. The average molecular weight is 156 g/mol. The summed E-state index contributed by atoms with van der Waals surface area (Å²) in [6, 6.07) is -1.16. The van der Waals surface area contributed by atoms with E-state index in [4.69, 9.17) is 10.2 Å². The van der Waals surface area contributed by atoms with Crippen LogP contribution in [0.15, 0.2) is 0 Å². The molecule has 0 aromatic heterocycles. The highest BCUT2D eigenvalue weighted by Crippen LogP contribution is 1.83. The van der Waals surface area contributed by atoms with Crippen molar-refractivity contribution in [3.63, 3.8) is 0 Å². The van der Waals surface area contributed by atoms with Crippen LogP contribution in [0.25, 0.3) is 0 Å². The maximum absolute atomic E-state index is 9.96. The van der Waals surface area contributed by atoms with E-state index in [0.717, 1.165) is 0 Å². The van der Waals surface area contributed by atoms with Crippen LogP contribution in [0, 0.1) is 0 Å². The fourth-order valence-corrected chi connectivity index (χ4v) is 0.327. The molecule has 0 saturated carbocycles. The molecule has 5 nitrogen and oxygen atoms in total. The number of hydrogen-bond donors (Lipinski definition) is 3. The first-order valence-corrected chi connectivity index (χ1v) is 2.40. The second-order valence-electron chi connectivity index (χ2n) is 1.27. The molecule has 0 rings (SSSR count). The fourth-order valence-electron chi connectivity index (χ4n) is 0.220. The molecule has 0 radical (unpaired) electrons. The van der Waals surface area contributed by atoms with Gasteiger partial charge in [-0.2, -0.15) is 9.87 Å². The maximum Gasteiger partial charge on any atom is 0.325 e. The highest BCUT2D eigenvalue weighted by atomic mass is 35.5. The first kappa shape index (κ1) is 8.64. The van der Waals surface area contributed by atoms with E-state index in [1.807, 2.05) is 5.48 Å². The topological polar surface area (TPSA) is 78.8 Å². The van der Waals surface area contributed by atoms with E-state index in [1.54, 1.807) is 0 Å². The quantitative estimate of drug-likeness (QED) is 0.459. The Morgan fingerprint density at radius 3 is 2.56 bits per heavy atom. The molecule has 54 valence electrons. The van der Waals surface area contributed by atoms with Gasteiger partial charge in [-0.25, -0.2) is 0 Å². The van der Waals surface area contributed by atoms with Gasteiger partial charge in [-0.05, 0) is 0 Å². The number of halogens is 1. The van der Waals surface area contributed by atoms with E-state index in [-0.39, 0.29) is 0 Å². The molecule has 0 unspecified atom stereocenters. The van der Waals surface area contributed by atoms with Gasteiger partial charge in [0.15, 0.2) is 6.04 Å². The Hall–Kier alpha value is -0.360. The van der Waals surface area contributed by atoms with E-state index in [1.165, 1.54) is 0 Å². The number of carbonyl (C=O) groups is 1. The molecule has 6 heteroatoms. The van der Waals surface area contributed by atoms with Crippen LogP contribution in [0.4, 0.5) is 0 Å². The molecule has 0 spiro atoms. The van der Waals surface area contributed by atoms with Crippen molar-refractivity contribution in [3.05, 3.63) is 0 Å². The van der Waals surface area contributed by atoms with Gasteiger partial charge in [0.05, 0.1) is 18.5 Å². The lowest BCUT2D eigenvalue weighted by Crippen LogP contribution is -2.37. The van der Waals surface area contributed by atoms with Crippen LogP contribution in [-0.2, 0) is 9.18 Å². The summed E-state index contributed by atoms with van der Waals surface area (Å²) in [5.41, 5.74) is 1.85. The summed E-state index contributed by atoms with van der Waals surface area (Å²) in [5.74, 6) is -1.22. The van der Waals surface area contributed by atoms with Crippen molar-refractivity contribution in [1.29, 1.82) is 0 Å². The average Bonchev–Trinajstić information content (AvgIpc) is 1.82. The number of carboxylic acids is 1. The smallest absolute Gasteiger partial charge is 0.325 e. The molecule has 0 fully saturated rings. The van der Waals surface area contributed by atoms with E-state index < -0.39 is 18.6 Å². The van der Waals surface area contributed by atoms with Gasteiger partial charge in [0.1, 0.15) is 0 Å². The van der Waals surface area contributed by atoms with E-state index in [2.05, 4.69) is 16.3 Å². The summed E-state index contributed by atoms with van der Waals surface area (Å²) in [6.07, 6.45) is 0. The zero-order valence-electron chi connectivity index (χ0n) is 4.37. The SMILES string of the molecule is O=C(O)[C@H](CO)NOCl. The van der Waals surface area contributed by atoms with Crippen LogP contribution in [0.1, 0.15) is 0 Å². The molecule has 0 saturated heterocycles. The number of nitrogens with one attached hydrogen (secondary N) is 1. The van der Waals surface area contributed by atoms with Gasteiger partial charge in [-0.15, -0.1) is 0 Å². The molecule has 0 aliphatic heterocycles. The molecule has 9 heavy (non-hydrogen) atoms. The monoisotopic (exact) mass is 155 g/mol. The van der Waals surface area contributed by atoms with Crippen molar-refractivity contribution in [3.8, 4) is 0 Å². The second-order valence-corrected chi connectivity index (χ2v) is 1.42. The molecule has 0 heterocycles. The minimum absolute atomic E-state index is 0.567. The molecule has 0 bridgehead atoms. The molecular formula is C3H6ClNO4. The standard InChI is InChI=1S/C3H6ClNO4/c4-9-5-2(1-6)3(7)8/h2,5-6H,1H2,(H,7,8)/t2-/m0/s1. The first-order valence-electron chi connectivity index (χ1n) is 2.09. The van der Waals surface area contributed by atoms with Crippen molar-refractivity contribution >= 4 is 17.8 Å². The van der Waals surface area contributed by atoms with Crippen molar-refractivity contribution in [2.45, 2.75) is 6.04 Å². The van der Waals surface area contributed by atoms with Crippen molar-refractivity contribution in [2.75, 3.05) is 6.61 Å². The predicted molar refractivity (Wildman–Crippen MR) is 28.6 cm³/mol. The Bertz CT molecular complexity index is 97.8. The molecule has 3 N–H and O–H groups in total.